The van der Waals surface area contributed by atoms with E-state index in [1.807, 2.05) is 31.2 Å². The second-order valence-electron chi connectivity index (χ2n) is 4.93. The van der Waals surface area contributed by atoms with Gasteiger partial charge in [-0.2, -0.15) is 0 Å². The standard InChI is InChI=1S/C18H21NO2/c1-3-6-13-9-11-14(12-10-13)18(20)17-15(19)7-5-8-16(17)21-4-2/h5,7-12H,3-4,6,19H2,1-2H3. The first-order chi connectivity index (χ1) is 10.2. The number of carbonyl (C=O) groups is 1. The number of aryl methyl sites for hydroxylation is 1. The van der Waals surface area contributed by atoms with Crippen LogP contribution in [0.1, 0.15) is 41.8 Å². The highest BCUT2D eigenvalue weighted by Crippen LogP contribution is 2.27. The summed E-state index contributed by atoms with van der Waals surface area (Å²) in [5.74, 6) is 0.444. The number of nitrogen functional groups attached to an aromatic ring is 1. The molecule has 0 fully saturated rings. The normalized spacial score (nSPS) is 10.4. The van der Waals surface area contributed by atoms with Crippen molar-refractivity contribution in [2.45, 2.75) is 26.7 Å². The van der Waals surface area contributed by atoms with Gasteiger partial charge >= 0.3 is 0 Å². The molecule has 0 aliphatic rings. The summed E-state index contributed by atoms with van der Waals surface area (Å²) in [5, 5.41) is 0. The molecule has 2 N–H and O–H groups in total. The van der Waals surface area contributed by atoms with Crippen LogP contribution in [0.4, 0.5) is 5.69 Å². The van der Waals surface area contributed by atoms with Gasteiger partial charge in [0.2, 0.25) is 0 Å². The van der Waals surface area contributed by atoms with Gasteiger partial charge in [-0.15, -0.1) is 0 Å². The number of nitrogens with two attached hydrogens (primary N) is 1. The van der Waals surface area contributed by atoms with Crippen molar-refractivity contribution in [3.63, 3.8) is 0 Å². The lowest BCUT2D eigenvalue weighted by Gasteiger charge is -2.12. The maximum Gasteiger partial charge on any atom is 0.198 e. The quantitative estimate of drug-likeness (QED) is 0.647. The van der Waals surface area contributed by atoms with Gasteiger partial charge in [-0.05, 0) is 31.0 Å². The molecule has 2 aromatic carbocycles. The van der Waals surface area contributed by atoms with E-state index in [2.05, 4.69) is 6.92 Å². The van der Waals surface area contributed by atoms with Crippen LogP contribution < -0.4 is 10.5 Å². The third-order valence-corrected chi connectivity index (χ3v) is 3.34. The molecule has 0 spiro atoms. The first-order valence-corrected chi connectivity index (χ1v) is 7.32. The smallest absolute Gasteiger partial charge is 0.198 e. The van der Waals surface area contributed by atoms with Gasteiger partial charge in [0.05, 0.1) is 12.2 Å². The van der Waals surface area contributed by atoms with Crippen LogP contribution >= 0.6 is 0 Å². The average molecular weight is 283 g/mol. The van der Waals surface area contributed by atoms with Gasteiger partial charge in [0.1, 0.15) is 5.75 Å². The molecule has 21 heavy (non-hydrogen) atoms. The first-order valence-electron chi connectivity index (χ1n) is 7.32. The highest BCUT2D eigenvalue weighted by Gasteiger charge is 2.17. The van der Waals surface area contributed by atoms with Crippen molar-refractivity contribution < 1.29 is 9.53 Å². The molecular weight excluding hydrogens is 262 g/mol. The molecule has 0 radical (unpaired) electrons. The summed E-state index contributed by atoms with van der Waals surface area (Å²) in [4.78, 5) is 12.7. The van der Waals surface area contributed by atoms with Crippen LogP contribution in [0.3, 0.4) is 0 Å². The minimum absolute atomic E-state index is 0.0976. The van der Waals surface area contributed by atoms with Crippen LogP contribution in [0.15, 0.2) is 42.5 Å². The number of carbonyl (C=O) groups excluding carboxylic acids is 1. The Bertz CT molecular complexity index is 618. The number of hydrogen-bond acceptors (Lipinski definition) is 3. The topological polar surface area (TPSA) is 52.3 Å². The Kier molecular flexibility index (Phi) is 4.99. The van der Waals surface area contributed by atoms with E-state index in [-0.39, 0.29) is 5.78 Å². The fourth-order valence-corrected chi connectivity index (χ4v) is 2.32. The number of hydrogen-bond donors (Lipinski definition) is 1. The number of benzene rings is 2. The van der Waals surface area contributed by atoms with Crippen molar-refractivity contribution >= 4 is 11.5 Å². The highest BCUT2D eigenvalue weighted by molar-refractivity contribution is 6.13. The molecule has 0 atom stereocenters. The molecule has 3 nitrogen and oxygen atoms in total. The molecule has 2 rings (SSSR count). The summed E-state index contributed by atoms with van der Waals surface area (Å²) >= 11 is 0. The van der Waals surface area contributed by atoms with Gasteiger partial charge < -0.3 is 10.5 Å². The van der Waals surface area contributed by atoms with Gasteiger partial charge in [0, 0.05) is 11.3 Å². The summed E-state index contributed by atoms with van der Waals surface area (Å²) in [6.45, 7) is 4.52. The Morgan fingerprint density at radius 1 is 1.10 bits per heavy atom. The van der Waals surface area contributed by atoms with E-state index >= 15 is 0 Å². The van der Waals surface area contributed by atoms with Crippen molar-refractivity contribution in [1.82, 2.24) is 0 Å². The predicted octanol–water partition coefficient (Wildman–Crippen LogP) is 3.85. The monoisotopic (exact) mass is 283 g/mol. The molecule has 0 aliphatic carbocycles. The lowest BCUT2D eigenvalue weighted by molar-refractivity contribution is 0.103. The SMILES string of the molecule is CCCc1ccc(C(=O)c2c(N)cccc2OCC)cc1. The predicted molar refractivity (Wildman–Crippen MR) is 85.9 cm³/mol. The zero-order chi connectivity index (χ0) is 15.2. The highest BCUT2D eigenvalue weighted by atomic mass is 16.5. The van der Waals surface area contributed by atoms with Crippen molar-refractivity contribution in [3.8, 4) is 5.75 Å². The molecule has 0 unspecified atom stereocenters. The van der Waals surface area contributed by atoms with Crippen LogP contribution in [0.5, 0.6) is 5.75 Å². The summed E-state index contributed by atoms with van der Waals surface area (Å²) in [6.07, 6.45) is 2.11. The second kappa shape index (κ2) is 6.93. The number of anilines is 1. The van der Waals surface area contributed by atoms with E-state index in [1.54, 1.807) is 18.2 Å². The van der Waals surface area contributed by atoms with Gasteiger partial charge in [-0.3, -0.25) is 4.79 Å². The zero-order valence-corrected chi connectivity index (χ0v) is 12.6. The second-order valence-corrected chi connectivity index (χ2v) is 4.93. The fraction of sp³-hybridized carbons (Fsp3) is 0.278. The molecule has 110 valence electrons. The third-order valence-electron chi connectivity index (χ3n) is 3.34. The van der Waals surface area contributed by atoms with Crippen LogP contribution in [0.25, 0.3) is 0 Å². The summed E-state index contributed by atoms with van der Waals surface area (Å²) in [5.41, 5.74) is 8.73. The van der Waals surface area contributed by atoms with E-state index in [0.717, 1.165) is 12.8 Å². The largest absolute Gasteiger partial charge is 0.493 e. The van der Waals surface area contributed by atoms with E-state index in [1.165, 1.54) is 5.56 Å². The Hall–Kier alpha value is -2.29. The summed E-state index contributed by atoms with van der Waals surface area (Å²) in [6, 6.07) is 13.0. The Morgan fingerprint density at radius 3 is 2.43 bits per heavy atom. The number of ether oxygens (including phenoxy) is 1. The molecule has 3 heteroatoms. The fourth-order valence-electron chi connectivity index (χ4n) is 2.32. The molecule has 0 aromatic heterocycles. The molecule has 0 heterocycles. The minimum atomic E-state index is -0.0976. The Balaban J connectivity index is 2.35. The lowest BCUT2D eigenvalue weighted by Crippen LogP contribution is -2.09. The van der Waals surface area contributed by atoms with Crippen molar-refractivity contribution in [1.29, 1.82) is 0 Å². The van der Waals surface area contributed by atoms with E-state index in [0.29, 0.717) is 29.2 Å². The van der Waals surface area contributed by atoms with Crippen LogP contribution in [0.2, 0.25) is 0 Å². The Morgan fingerprint density at radius 2 is 1.81 bits per heavy atom. The van der Waals surface area contributed by atoms with E-state index in [9.17, 15) is 4.79 Å². The Labute approximate surface area is 125 Å². The molecule has 0 amide bonds. The number of ketones is 1. The van der Waals surface area contributed by atoms with Crippen molar-refractivity contribution in [3.05, 3.63) is 59.2 Å². The molecule has 2 aromatic rings. The third kappa shape index (κ3) is 3.43. The number of rotatable bonds is 6. The molecule has 0 saturated carbocycles. The van der Waals surface area contributed by atoms with Crippen LogP contribution in [-0.2, 0) is 6.42 Å². The first kappa shape index (κ1) is 15.1. The van der Waals surface area contributed by atoms with Crippen molar-refractivity contribution in [2.75, 3.05) is 12.3 Å². The van der Waals surface area contributed by atoms with Crippen LogP contribution in [0, 0.1) is 0 Å². The lowest BCUT2D eigenvalue weighted by atomic mass is 9.99. The summed E-state index contributed by atoms with van der Waals surface area (Å²) < 4.78 is 5.52. The van der Waals surface area contributed by atoms with Crippen LogP contribution in [-0.4, -0.2) is 12.4 Å². The molecule has 0 bridgehead atoms. The van der Waals surface area contributed by atoms with Gasteiger partial charge in [-0.1, -0.05) is 43.7 Å². The molecular formula is C18H21NO2. The average Bonchev–Trinajstić information content (AvgIpc) is 2.48. The summed E-state index contributed by atoms with van der Waals surface area (Å²) in [7, 11) is 0. The van der Waals surface area contributed by atoms with E-state index in [4.69, 9.17) is 10.5 Å². The van der Waals surface area contributed by atoms with Gasteiger partial charge in [0.25, 0.3) is 0 Å². The molecule has 0 aliphatic heterocycles. The van der Waals surface area contributed by atoms with Gasteiger partial charge in [-0.25, -0.2) is 0 Å². The van der Waals surface area contributed by atoms with Gasteiger partial charge in [0.15, 0.2) is 5.78 Å². The zero-order valence-electron chi connectivity index (χ0n) is 12.6. The minimum Gasteiger partial charge on any atom is -0.493 e. The maximum atomic E-state index is 12.7. The maximum absolute atomic E-state index is 12.7. The molecule has 0 saturated heterocycles. The van der Waals surface area contributed by atoms with Crippen molar-refractivity contribution in [2.24, 2.45) is 0 Å². The van der Waals surface area contributed by atoms with E-state index < -0.39 is 0 Å².